The molecule has 0 bridgehead atoms. The number of piperidine rings is 1. The van der Waals surface area contributed by atoms with Crippen LogP contribution in [-0.4, -0.2) is 30.0 Å². The first-order valence-electron chi connectivity index (χ1n) is 10.5. The molecule has 1 aliphatic carbocycles. The second kappa shape index (κ2) is 8.82. The molecule has 148 valence electrons. The van der Waals surface area contributed by atoms with Crippen LogP contribution in [0.5, 0.6) is 0 Å². The van der Waals surface area contributed by atoms with Crippen molar-refractivity contribution in [2.24, 2.45) is 5.92 Å². The molecule has 28 heavy (non-hydrogen) atoms. The van der Waals surface area contributed by atoms with Crippen molar-refractivity contribution in [3.05, 3.63) is 48.5 Å². The summed E-state index contributed by atoms with van der Waals surface area (Å²) in [6, 6.07) is 9.08. The molecule has 1 aromatic carbocycles. The number of nitrogens with zero attached hydrogens (tertiary/aromatic N) is 2. The summed E-state index contributed by atoms with van der Waals surface area (Å²) in [6.07, 6.45) is 10.6. The molecule has 1 saturated carbocycles. The van der Waals surface area contributed by atoms with Gasteiger partial charge in [0, 0.05) is 25.0 Å². The van der Waals surface area contributed by atoms with Crippen molar-refractivity contribution < 1.29 is 9.18 Å². The van der Waals surface area contributed by atoms with Gasteiger partial charge in [0.2, 0.25) is 5.91 Å². The van der Waals surface area contributed by atoms with Gasteiger partial charge >= 0.3 is 0 Å². The molecule has 1 saturated heterocycles. The Morgan fingerprint density at radius 1 is 1.00 bits per heavy atom. The average Bonchev–Trinajstić information content (AvgIpc) is 2.77. The smallest absolute Gasteiger partial charge is 0.231 e. The summed E-state index contributed by atoms with van der Waals surface area (Å²) in [6.45, 7) is 1.65. The zero-order valence-electron chi connectivity index (χ0n) is 16.2. The summed E-state index contributed by atoms with van der Waals surface area (Å²) in [5.74, 6) is -0.304. The van der Waals surface area contributed by atoms with Gasteiger partial charge in [-0.1, -0.05) is 25.3 Å². The summed E-state index contributed by atoms with van der Waals surface area (Å²) in [7, 11) is 0. The van der Waals surface area contributed by atoms with Crippen LogP contribution in [0.15, 0.2) is 42.7 Å². The van der Waals surface area contributed by atoms with E-state index < -0.39 is 0 Å². The van der Waals surface area contributed by atoms with Crippen molar-refractivity contribution >= 4 is 11.6 Å². The fourth-order valence-corrected chi connectivity index (χ4v) is 4.52. The molecule has 5 heteroatoms. The fraction of sp³-hybridized carbons (Fsp3) is 0.478. The summed E-state index contributed by atoms with van der Waals surface area (Å²) in [5, 5.41) is 3.32. The van der Waals surface area contributed by atoms with Gasteiger partial charge in [0.05, 0.1) is 11.6 Å². The zero-order chi connectivity index (χ0) is 19.3. The summed E-state index contributed by atoms with van der Waals surface area (Å²) in [5.41, 5.74) is 2.16. The Morgan fingerprint density at radius 2 is 1.79 bits per heavy atom. The third-order valence-electron chi connectivity index (χ3n) is 6.04. The van der Waals surface area contributed by atoms with E-state index in [-0.39, 0.29) is 23.7 Å². The average molecular weight is 381 g/mol. The number of aromatic nitrogens is 1. The number of amides is 1. The monoisotopic (exact) mass is 381 g/mol. The molecule has 0 radical (unpaired) electrons. The van der Waals surface area contributed by atoms with E-state index in [1.165, 1.54) is 6.42 Å². The van der Waals surface area contributed by atoms with E-state index in [0.29, 0.717) is 12.2 Å². The van der Waals surface area contributed by atoms with Crippen LogP contribution in [-0.2, 0) is 4.79 Å². The van der Waals surface area contributed by atoms with Gasteiger partial charge in [0.15, 0.2) is 0 Å². The van der Waals surface area contributed by atoms with Crippen LogP contribution in [0.4, 0.5) is 10.1 Å². The zero-order valence-corrected chi connectivity index (χ0v) is 16.2. The summed E-state index contributed by atoms with van der Waals surface area (Å²) in [4.78, 5) is 19.2. The molecule has 4 rings (SSSR count). The number of nitrogens with one attached hydrogen (secondary N) is 1. The van der Waals surface area contributed by atoms with Gasteiger partial charge in [-0.3, -0.25) is 9.78 Å². The number of pyridine rings is 1. The molecule has 1 N–H and O–H groups in total. The fourth-order valence-electron chi connectivity index (χ4n) is 4.52. The minimum absolute atomic E-state index is 0.0602. The van der Waals surface area contributed by atoms with E-state index in [9.17, 15) is 4.79 Å². The van der Waals surface area contributed by atoms with Crippen LogP contribution in [0.3, 0.4) is 0 Å². The van der Waals surface area contributed by atoms with E-state index in [2.05, 4.69) is 10.3 Å². The second-order valence-corrected chi connectivity index (χ2v) is 7.95. The van der Waals surface area contributed by atoms with Crippen LogP contribution in [0.1, 0.15) is 44.9 Å². The van der Waals surface area contributed by atoms with E-state index >= 15 is 4.39 Å². The third kappa shape index (κ3) is 4.09. The van der Waals surface area contributed by atoms with Crippen LogP contribution in [0.25, 0.3) is 11.1 Å². The number of anilines is 1. The number of hydrogen-bond donors (Lipinski definition) is 1. The molecule has 2 aromatic rings. The maximum absolute atomic E-state index is 15.2. The van der Waals surface area contributed by atoms with E-state index in [1.54, 1.807) is 29.4 Å². The van der Waals surface area contributed by atoms with E-state index in [1.807, 2.05) is 18.2 Å². The van der Waals surface area contributed by atoms with Gasteiger partial charge in [-0.25, -0.2) is 4.39 Å². The lowest BCUT2D eigenvalue weighted by atomic mass is 9.91. The molecule has 0 unspecified atom stereocenters. The highest BCUT2D eigenvalue weighted by atomic mass is 19.1. The first kappa shape index (κ1) is 19.1. The molecule has 1 atom stereocenters. The molecule has 0 spiro atoms. The number of carbonyl (C=O) groups is 1. The van der Waals surface area contributed by atoms with Crippen molar-refractivity contribution in [1.29, 1.82) is 0 Å². The molecule has 1 amide bonds. The third-order valence-corrected chi connectivity index (χ3v) is 6.04. The summed E-state index contributed by atoms with van der Waals surface area (Å²) < 4.78 is 15.2. The van der Waals surface area contributed by atoms with Gasteiger partial charge in [-0.15, -0.1) is 0 Å². The Kier molecular flexibility index (Phi) is 6.01. The van der Waals surface area contributed by atoms with Crippen molar-refractivity contribution in [2.75, 3.05) is 18.0 Å². The van der Waals surface area contributed by atoms with Gasteiger partial charge in [-0.2, -0.15) is 0 Å². The molecule has 2 aliphatic rings. The second-order valence-electron chi connectivity index (χ2n) is 7.95. The molecular weight excluding hydrogens is 353 g/mol. The Balaban J connectivity index is 1.66. The Morgan fingerprint density at radius 3 is 2.46 bits per heavy atom. The Labute approximate surface area is 166 Å². The van der Waals surface area contributed by atoms with Gasteiger partial charge in [0.25, 0.3) is 0 Å². The number of carbonyl (C=O) groups excluding carboxylic acids is 1. The SMILES string of the molecule is O=C([C@H]1CCCNC1)N(c1ccc(-c2ccncc2)cc1F)C1CCCCC1. The first-order chi connectivity index (χ1) is 13.7. The lowest BCUT2D eigenvalue weighted by Crippen LogP contribution is -2.48. The minimum Gasteiger partial charge on any atom is -0.316 e. The van der Waals surface area contributed by atoms with Gasteiger partial charge in [-0.05, 0) is 67.6 Å². The summed E-state index contributed by atoms with van der Waals surface area (Å²) >= 11 is 0. The molecular formula is C23H28FN3O. The molecule has 2 fully saturated rings. The van der Waals surface area contributed by atoms with Crippen LogP contribution >= 0.6 is 0 Å². The Hall–Kier alpha value is -2.27. The largest absolute Gasteiger partial charge is 0.316 e. The van der Waals surface area contributed by atoms with E-state index in [0.717, 1.165) is 56.2 Å². The molecule has 4 nitrogen and oxygen atoms in total. The lowest BCUT2D eigenvalue weighted by molar-refractivity contribution is -0.123. The molecule has 2 heterocycles. The van der Waals surface area contributed by atoms with Gasteiger partial charge in [0.1, 0.15) is 5.82 Å². The van der Waals surface area contributed by atoms with Crippen molar-refractivity contribution in [2.45, 2.75) is 51.0 Å². The molecule has 1 aromatic heterocycles. The molecule has 1 aliphatic heterocycles. The minimum atomic E-state index is -0.322. The van der Waals surface area contributed by atoms with Crippen molar-refractivity contribution in [3.8, 4) is 11.1 Å². The number of hydrogen-bond acceptors (Lipinski definition) is 3. The standard InChI is InChI=1S/C23H28FN3O/c24-21-15-18(17-10-13-25-14-11-17)8-9-22(21)27(20-6-2-1-3-7-20)23(28)19-5-4-12-26-16-19/h8-11,13-15,19-20,26H,1-7,12,16H2/t19-/m0/s1. The van der Waals surface area contributed by atoms with Crippen molar-refractivity contribution in [3.63, 3.8) is 0 Å². The first-order valence-corrected chi connectivity index (χ1v) is 10.5. The highest BCUT2D eigenvalue weighted by Gasteiger charge is 2.33. The van der Waals surface area contributed by atoms with Gasteiger partial charge < -0.3 is 10.2 Å². The van der Waals surface area contributed by atoms with E-state index in [4.69, 9.17) is 0 Å². The number of benzene rings is 1. The van der Waals surface area contributed by atoms with Crippen LogP contribution in [0, 0.1) is 11.7 Å². The predicted octanol–water partition coefficient (Wildman–Crippen LogP) is 4.55. The maximum atomic E-state index is 15.2. The highest BCUT2D eigenvalue weighted by Crippen LogP contribution is 2.33. The maximum Gasteiger partial charge on any atom is 0.231 e. The highest BCUT2D eigenvalue weighted by molar-refractivity contribution is 5.96. The number of halogens is 1. The van der Waals surface area contributed by atoms with Crippen LogP contribution in [0.2, 0.25) is 0 Å². The normalized spacial score (nSPS) is 20.7. The quantitative estimate of drug-likeness (QED) is 0.845. The number of rotatable bonds is 4. The predicted molar refractivity (Wildman–Crippen MR) is 110 cm³/mol. The lowest BCUT2D eigenvalue weighted by Gasteiger charge is -2.37. The van der Waals surface area contributed by atoms with Crippen molar-refractivity contribution in [1.82, 2.24) is 10.3 Å². The topological polar surface area (TPSA) is 45.2 Å². The Bertz CT molecular complexity index is 799. The van der Waals surface area contributed by atoms with Crippen LogP contribution < -0.4 is 10.2 Å².